The van der Waals surface area contributed by atoms with Crippen LogP contribution in [0.15, 0.2) is 121 Å². The number of carbonyl (C=O) groups is 2. The third-order valence-electron chi connectivity index (χ3n) is 8.20. The summed E-state index contributed by atoms with van der Waals surface area (Å²) in [6.07, 6.45) is 2.38. The zero-order valence-electron chi connectivity index (χ0n) is 24.0. The van der Waals surface area contributed by atoms with Crippen LogP contribution in [0.2, 0.25) is 0 Å². The normalized spacial score (nSPS) is 23.6. The van der Waals surface area contributed by atoms with Gasteiger partial charge in [0.05, 0.1) is 0 Å². The highest BCUT2D eigenvalue weighted by atomic mass is 16.5. The van der Waals surface area contributed by atoms with Gasteiger partial charge < -0.3 is 28.7 Å². The van der Waals surface area contributed by atoms with Gasteiger partial charge in [-0.15, -0.1) is 0 Å². The number of ether oxygens (including phenoxy) is 4. The van der Waals surface area contributed by atoms with Crippen molar-refractivity contribution in [2.45, 2.75) is 24.3 Å². The van der Waals surface area contributed by atoms with Crippen molar-refractivity contribution in [1.82, 2.24) is 9.80 Å². The maximum atomic E-state index is 13.6. The van der Waals surface area contributed by atoms with Gasteiger partial charge in [0.15, 0.2) is 0 Å². The number of hydrogen-bond acceptors (Lipinski definition) is 6. The van der Waals surface area contributed by atoms with E-state index in [0.717, 1.165) is 11.1 Å². The second-order valence-corrected chi connectivity index (χ2v) is 10.8. The first kappa shape index (κ1) is 27.6. The standard InChI is InChI=1S/C36H32N2O6/c39-35-33(43-25-13-3-1-4-14-25)31-27-17-7-9-19-29(27)41-23-11-12-24-42-30-20-10-8-18-28(30)32-34(44-26-15-5-2-6-16-26)36(40)38(32)22-21-37(31)35/h1-20,31-34H,21-24H2/b12-11-/t31-,32+,33+,34-. The van der Waals surface area contributed by atoms with Crippen LogP contribution in [0.5, 0.6) is 23.0 Å². The van der Waals surface area contributed by atoms with E-state index in [-0.39, 0.29) is 11.8 Å². The fourth-order valence-electron chi connectivity index (χ4n) is 6.06. The van der Waals surface area contributed by atoms with Gasteiger partial charge in [0.25, 0.3) is 11.8 Å². The lowest BCUT2D eigenvalue weighted by atomic mass is 9.88. The number of carbonyl (C=O) groups excluding carboxylic acids is 2. The van der Waals surface area contributed by atoms with Gasteiger partial charge in [0, 0.05) is 24.2 Å². The summed E-state index contributed by atoms with van der Waals surface area (Å²) in [6.45, 7) is 1.31. The smallest absolute Gasteiger partial charge is 0.266 e. The molecule has 0 aromatic heterocycles. The molecule has 0 radical (unpaired) electrons. The van der Waals surface area contributed by atoms with E-state index in [1.54, 1.807) is 9.80 Å². The Labute approximate surface area is 256 Å². The summed E-state index contributed by atoms with van der Waals surface area (Å²) in [4.78, 5) is 30.8. The topological polar surface area (TPSA) is 77.5 Å². The first-order valence-electron chi connectivity index (χ1n) is 14.8. The third kappa shape index (κ3) is 5.24. The second kappa shape index (κ2) is 12.2. The molecule has 3 heterocycles. The van der Waals surface area contributed by atoms with Crippen LogP contribution in [-0.4, -0.2) is 60.1 Å². The first-order chi connectivity index (χ1) is 21.7. The van der Waals surface area contributed by atoms with E-state index in [9.17, 15) is 9.59 Å². The molecule has 0 N–H and O–H groups in total. The molecule has 2 amide bonds. The van der Waals surface area contributed by atoms with Gasteiger partial charge in [0.2, 0.25) is 12.2 Å². The maximum Gasteiger partial charge on any atom is 0.266 e. The molecule has 0 spiro atoms. The van der Waals surface area contributed by atoms with E-state index < -0.39 is 24.3 Å². The molecule has 0 bridgehead atoms. The van der Waals surface area contributed by atoms with Crippen molar-refractivity contribution in [3.63, 3.8) is 0 Å². The van der Waals surface area contributed by atoms with Crippen molar-refractivity contribution < 1.29 is 28.5 Å². The average molecular weight is 589 g/mol. The van der Waals surface area contributed by atoms with Crippen molar-refractivity contribution in [2.24, 2.45) is 0 Å². The lowest BCUT2D eigenvalue weighted by Crippen LogP contribution is -2.66. The summed E-state index contributed by atoms with van der Waals surface area (Å²) in [7, 11) is 0. The van der Waals surface area contributed by atoms with Crippen molar-refractivity contribution in [3.05, 3.63) is 132 Å². The number of β-lactam (4-membered cyclic amide) rings is 2. The van der Waals surface area contributed by atoms with E-state index in [0.29, 0.717) is 49.3 Å². The van der Waals surface area contributed by atoms with E-state index in [4.69, 9.17) is 18.9 Å². The van der Waals surface area contributed by atoms with Crippen LogP contribution in [0.25, 0.3) is 0 Å². The molecule has 44 heavy (non-hydrogen) atoms. The maximum absolute atomic E-state index is 13.6. The van der Waals surface area contributed by atoms with E-state index in [1.807, 2.05) is 121 Å². The Morgan fingerprint density at radius 3 is 1.34 bits per heavy atom. The molecule has 2 saturated heterocycles. The largest absolute Gasteiger partial charge is 0.489 e. The molecular formula is C36H32N2O6. The summed E-state index contributed by atoms with van der Waals surface area (Å²) in [6, 6.07) is 33.3. The highest BCUT2D eigenvalue weighted by Crippen LogP contribution is 2.44. The molecule has 8 nitrogen and oxygen atoms in total. The molecule has 4 atom stereocenters. The Morgan fingerprint density at radius 2 is 0.909 bits per heavy atom. The molecule has 0 saturated carbocycles. The molecule has 2 fully saturated rings. The van der Waals surface area contributed by atoms with Crippen LogP contribution in [-0.2, 0) is 9.59 Å². The molecule has 4 aromatic carbocycles. The monoisotopic (exact) mass is 588 g/mol. The highest BCUT2D eigenvalue weighted by molar-refractivity contribution is 5.91. The predicted molar refractivity (Wildman–Crippen MR) is 164 cm³/mol. The number of para-hydroxylation sites is 4. The Balaban J connectivity index is 1.22. The average Bonchev–Trinajstić information content (AvgIpc) is 3.07. The number of rotatable bonds is 4. The Kier molecular flexibility index (Phi) is 7.63. The van der Waals surface area contributed by atoms with Crippen molar-refractivity contribution in [2.75, 3.05) is 26.3 Å². The summed E-state index contributed by atoms with van der Waals surface area (Å²) in [5.41, 5.74) is 1.71. The van der Waals surface area contributed by atoms with Gasteiger partial charge in [-0.25, -0.2) is 0 Å². The van der Waals surface area contributed by atoms with Crippen LogP contribution in [0.4, 0.5) is 0 Å². The summed E-state index contributed by atoms with van der Waals surface area (Å²) in [5.74, 6) is 2.31. The van der Waals surface area contributed by atoms with Crippen LogP contribution < -0.4 is 18.9 Å². The summed E-state index contributed by atoms with van der Waals surface area (Å²) >= 11 is 0. The Morgan fingerprint density at radius 1 is 0.523 bits per heavy atom. The lowest BCUT2D eigenvalue weighted by molar-refractivity contribution is -0.172. The van der Waals surface area contributed by atoms with Crippen LogP contribution in [0, 0.1) is 0 Å². The van der Waals surface area contributed by atoms with Gasteiger partial charge in [-0.1, -0.05) is 72.8 Å². The van der Waals surface area contributed by atoms with Gasteiger partial charge >= 0.3 is 0 Å². The van der Waals surface area contributed by atoms with E-state index in [1.165, 1.54) is 0 Å². The summed E-state index contributed by atoms with van der Waals surface area (Å²) < 4.78 is 24.8. The van der Waals surface area contributed by atoms with E-state index >= 15 is 0 Å². The zero-order chi connectivity index (χ0) is 29.9. The molecular weight excluding hydrogens is 556 g/mol. The molecule has 4 aromatic rings. The number of benzene rings is 4. The minimum Gasteiger partial charge on any atom is -0.489 e. The van der Waals surface area contributed by atoms with Crippen LogP contribution in [0.3, 0.4) is 0 Å². The van der Waals surface area contributed by atoms with Gasteiger partial charge in [-0.3, -0.25) is 9.59 Å². The number of nitrogens with zero attached hydrogens (tertiary/aromatic N) is 2. The second-order valence-electron chi connectivity index (χ2n) is 10.8. The lowest BCUT2D eigenvalue weighted by Gasteiger charge is -2.51. The SMILES string of the molecule is O=C1[C@@H](Oc2ccccc2)[C@H]2c3ccccc3OC/C=C\COc3ccccc3[C@H]3[C@@H](Oc4ccccc4)C(=O)N3CCN12. The van der Waals surface area contributed by atoms with E-state index in [2.05, 4.69) is 0 Å². The van der Waals surface area contributed by atoms with Gasteiger partial charge in [0.1, 0.15) is 48.3 Å². The fourth-order valence-corrected chi connectivity index (χ4v) is 6.06. The van der Waals surface area contributed by atoms with Crippen LogP contribution in [0.1, 0.15) is 23.2 Å². The Bertz CT molecular complexity index is 1540. The zero-order valence-corrected chi connectivity index (χ0v) is 24.0. The third-order valence-corrected chi connectivity index (χ3v) is 8.20. The molecule has 0 aliphatic carbocycles. The molecule has 222 valence electrons. The van der Waals surface area contributed by atoms with Gasteiger partial charge in [-0.05, 0) is 48.6 Å². The fraction of sp³-hybridized carbons (Fsp3) is 0.222. The first-order valence-corrected chi connectivity index (χ1v) is 14.8. The Hall–Kier alpha value is -5.24. The van der Waals surface area contributed by atoms with Crippen molar-refractivity contribution in [1.29, 1.82) is 0 Å². The van der Waals surface area contributed by atoms with Crippen molar-refractivity contribution >= 4 is 11.8 Å². The van der Waals surface area contributed by atoms with Crippen molar-refractivity contribution in [3.8, 4) is 23.0 Å². The van der Waals surface area contributed by atoms with Crippen LogP contribution >= 0.6 is 0 Å². The minimum atomic E-state index is -0.720. The number of hydrogen-bond donors (Lipinski definition) is 0. The van der Waals surface area contributed by atoms with Gasteiger partial charge in [-0.2, -0.15) is 0 Å². The molecule has 7 rings (SSSR count). The quantitative estimate of drug-likeness (QED) is 0.236. The molecule has 3 aliphatic heterocycles. The number of amides is 2. The molecule has 0 unspecified atom stereocenters. The summed E-state index contributed by atoms with van der Waals surface area (Å²) in [5, 5.41) is 0. The number of fused-ring (bicyclic) bond motifs is 6. The molecule has 8 heteroatoms. The minimum absolute atomic E-state index is 0.139. The molecule has 3 aliphatic rings. The predicted octanol–water partition coefficient (Wildman–Crippen LogP) is 5.38. The highest BCUT2D eigenvalue weighted by Gasteiger charge is 2.54.